The smallest absolute Gasteiger partial charge is 0.341 e. The van der Waals surface area contributed by atoms with Crippen LogP contribution in [0.4, 0.5) is 5.69 Å². The van der Waals surface area contributed by atoms with Crippen molar-refractivity contribution in [3.05, 3.63) is 49.7 Å². The molecular weight excluding hydrogens is 310 g/mol. The maximum Gasteiger partial charge on any atom is 0.341 e. The molecule has 0 spiro atoms. The van der Waals surface area contributed by atoms with E-state index in [2.05, 4.69) is 10.1 Å². The van der Waals surface area contributed by atoms with Crippen LogP contribution in [0.5, 0.6) is 11.5 Å². The minimum absolute atomic E-state index is 0.0743. The van der Waals surface area contributed by atoms with Crippen molar-refractivity contribution in [2.24, 2.45) is 0 Å². The van der Waals surface area contributed by atoms with E-state index >= 15 is 0 Å². The number of Topliss-reactive ketones (excluding diaryl/α,β-unsaturated/α-hetero) is 1. The number of nitriles is 1. The van der Waals surface area contributed by atoms with Gasteiger partial charge in [-0.05, 0) is 17.7 Å². The molecule has 2 rings (SSSR count). The van der Waals surface area contributed by atoms with Crippen LogP contribution in [0, 0.1) is 21.4 Å². The molecule has 0 saturated carbocycles. The van der Waals surface area contributed by atoms with Crippen LogP contribution in [0.1, 0.15) is 16.2 Å². The molecule has 0 aliphatic carbocycles. The molecule has 0 amide bonds. The summed E-state index contributed by atoms with van der Waals surface area (Å²) in [6, 6.07) is 3.36. The summed E-state index contributed by atoms with van der Waals surface area (Å²) in [6.07, 6.45) is 0.946. The van der Waals surface area contributed by atoms with Gasteiger partial charge in [-0.3, -0.25) is 19.9 Å². The monoisotopic (exact) mass is 317 g/mol. The predicted molar refractivity (Wildman–Crippen MR) is 73.6 cm³/mol. The normalized spacial score (nSPS) is 11.0. The molecule has 0 aliphatic rings. The maximum atomic E-state index is 12.0. The average molecular weight is 317 g/mol. The van der Waals surface area contributed by atoms with Crippen molar-refractivity contribution >= 4 is 17.5 Å². The summed E-state index contributed by atoms with van der Waals surface area (Å²) in [5.74, 6) is -3.07. The first kappa shape index (κ1) is 15.4. The molecule has 4 N–H and O–H groups in total. The van der Waals surface area contributed by atoms with Gasteiger partial charge in [0.15, 0.2) is 5.75 Å². The van der Waals surface area contributed by atoms with Crippen molar-refractivity contribution in [3.63, 3.8) is 0 Å². The minimum atomic E-state index is -0.939. The molecule has 23 heavy (non-hydrogen) atoms. The van der Waals surface area contributed by atoms with E-state index in [4.69, 9.17) is 5.26 Å². The summed E-state index contributed by atoms with van der Waals surface area (Å²) in [5, 5.41) is 43.9. The number of nitrogens with one attached hydrogen (secondary N) is 2. The van der Waals surface area contributed by atoms with Crippen LogP contribution in [0.15, 0.2) is 22.5 Å². The molecule has 1 heterocycles. The number of H-pyrrole nitrogens is 2. The molecule has 0 aliphatic heterocycles. The highest BCUT2D eigenvalue weighted by Gasteiger charge is 2.20. The highest BCUT2D eigenvalue weighted by Crippen LogP contribution is 2.36. The Balaban J connectivity index is 2.51. The second-order valence-corrected chi connectivity index (χ2v) is 4.19. The Bertz CT molecular complexity index is 932. The second kappa shape index (κ2) is 5.82. The molecule has 0 fully saturated rings. The van der Waals surface area contributed by atoms with Crippen LogP contribution < -0.4 is 5.69 Å². The van der Waals surface area contributed by atoms with Crippen LogP contribution >= 0.6 is 0 Å². The van der Waals surface area contributed by atoms with Gasteiger partial charge in [0.2, 0.25) is 17.4 Å². The van der Waals surface area contributed by atoms with Crippen molar-refractivity contribution in [2.75, 3.05) is 0 Å². The molecule has 11 nitrogen and oxygen atoms in total. The van der Waals surface area contributed by atoms with Crippen molar-refractivity contribution < 1.29 is 19.9 Å². The first-order valence-electron chi connectivity index (χ1n) is 5.85. The SMILES string of the molecule is N#C/C(=C\c1cc(O)c(O)c([N+](=O)[O-])c1)C(=O)c1n[nH]c(=O)[nH]1. The average Bonchev–Trinajstić information content (AvgIpc) is 2.93. The minimum Gasteiger partial charge on any atom is -0.504 e. The van der Waals surface area contributed by atoms with Crippen LogP contribution in [-0.4, -0.2) is 36.1 Å². The molecule has 0 radical (unpaired) electrons. The highest BCUT2D eigenvalue weighted by atomic mass is 16.6. The number of aromatic nitrogens is 3. The Morgan fingerprint density at radius 1 is 1.43 bits per heavy atom. The molecule has 0 saturated heterocycles. The lowest BCUT2D eigenvalue weighted by Crippen LogP contribution is -2.07. The highest BCUT2D eigenvalue weighted by molar-refractivity contribution is 6.11. The van der Waals surface area contributed by atoms with Crippen molar-refractivity contribution in [1.82, 2.24) is 15.2 Å². The fraction of sp³-hybridized carbons (Fsp3) is 0. The Kier molecular flexibility index (Phi) is 3.91. The topological polar surface area (TPSA) is 186 Å². The number of carbonyl (C=O) groups is 1. The molecule has 1 aromatic heterocycles. The molecule has 0 bridgehead atoms. The quantitative estimate of drug-likeness (QED) is 0.154. The third-order valence-electron chi connectivity index (χ3n) is 2.68. The fourth-order valence-electron chi connectivity index (χ4n) is 1.67. The van der Waals surface area contributed by atoms with E-state index in [1.165, 1.54) is 0 Å². The van der Waals surface area contributed by atoms with Gasteiger partial charge in [0.1, 0.15) is 11.6 Å². The zero-order chi connectivity index (χ0) is 17.1. The van der Waals surface area contributed by atoms with Gasteiger partial charge in [-0.15, -0.1) is 5.10 Å². The van der Waals surface area contributed by atoms with Crippen molar-refractivity contribution in [3.8, 4) is 17.6 Å². The van der Waals surface area contributed by atoms with Gasteiger partial charge in [-0.25, -0.2) is 9.89 Å². The number of nitro groups is 1. The molecular formula is C12H7N5O6. The van der Waals surface area contributed by atoms with E-state index < -0.39 is 45.0 Å². The third kappa shape index (κ3) is 3.05. The van der Waals surface area contributed by atoms with Crippen LogP contribution in [0.25, 0.3) is 6.08 Å². The fourth-order valence-corrected chi connectivity index (χ4v) is 1.67. The number of ketones is 1. The third-order valence-corrected chi connectivity index (χ3v) is 2.68. The number of nitro benzene ring substituents is 1. The summed E-state index contributed by atoms with van der Waals surface area (Å²) >= 11 is 0. The molecule has 116 valence electrons. The molecule has 0 atom stereocenters. The Hall–Kier alpha value is -3.94. The van der Waals surface area contributed by atoms with E-state index in [1.807, 2.05) is 5.10 Å². The number of hydrogen-bond acceptors (Lipinski definition) is 8. The Labute approximate surface area is 126 Å². The maximum absolute atomic E-state index is 12.0. The number of carbonyl (C=O) groups excluding carboxylic acids is 1. The van der Waals surface area contributed by atoms with Gasteiger partial charge in [-0.2, -0.15) is 5.26 Å². The zero-order valence-electron chi connectivity index (χ0n) is 11.1. The number of aromatic hydroxyl groups is 2. The summed E-state index contributed by atoms with van der Waals surface area (Å²) in [4.78, 5) is 34.8. The summed E-state index contributed by atoms with van der Waals surface area (Å²) < 4.78 is 0. The largest absolute Gasteiger partial charge is 0.504 e. The van der Waals surface area contributed by atoms with Crippen LogP contribution in [-0.2, 0) is 0 Å². The Morgan fingerprint density at radius 3 is 2.65 bits per heavy atom. The second-order valence-electron chi connectivity index (χ2n) is 4.19. The molecule has 2 aromatic rings. The number of phenols is 2. The lowest BCUT2D eigenvalue weighted by atomic mass is 10.1. The van der Waals surface area contributed by atoms with Gasteiger partial charge >= 0.3 is 11.4 Å². The summed E-state index contributed by atoms with van der Waals surface area (Å²) in [6.45, 7) is 0. The number of rotatable bonds is 4. The van der Waals surface area contributed by atoms with Gasteiger partial charge in [0, 0.05) is 6.07 Å². The van der Waals surface area contributed by atoms with E-state index in [-0.39, 0.29) is 5.56 Å². The summed E-state index contributed by atoms with van der Waals surface area (Å²) in [5.41, 5.74) is -2.11. The van der Waals surface area contributed by atoms with Gasteiger partial charge in [0.05, 0.1) is 4.92 Å². The van der Waals surface area contributed by atoms with Crippen molar-refractivity contribution in [2.45, 2.75) is 0 Å². The molecule has 11 heteroatoms. The first-order chi connectivity index (χ1) is 10.8. The number of phenolic OH excluding ortho intramolecular Hbond substituents is 2. The number of nitrogens with zero attached hydrogens (tertiary/aromatic N) is 3. The van der Waals surface area contributed by atoms with E-state index in [9.17, 15) is 29.9 Å². The Morgan fingerprint density at radius 2 is 2.13 bits per heavy atom. The van der Waals surface area contributed by atoms with E-state index in [0.717, 1.165) is 18.2 Å². The summed E-state index contributed by atoms with van der Waals surface area (Å²) in [7, 11) is 0. The number of allylic oxidation sites excluding steroid dienone is 1. The lowest BCUT2D eigenvalue weighted by molar-refractivity contribution is -0.386. The lowest BCUT2D eigenvalue weighted by Gasteiger charge is -2.02. The van der Waals surface area contributed by atoms with Gasteiger partial charge in [-0.1, -0.05) is 0 Å². The van der Waals surface area contributed by atoms with Gasteiger partial charge in [0.25, 0.3) is 0 Å². The van der Waals surface area contributed by atoms with Gasteiger partial charge < -0.3 is 10.2 Å². The van der Waals surface area contributed by atoms with Crippen LogP contribution in [0.2, 0.25) is 0 Å². The number of aromatic amines is 2. The predicted octanol–water partition coefficient (Wildman–Crippen LogP) is 0.207. The van der Waals surface area contributed by atoms with Crippen molar-refractivity contribution in [1.29, 1.82) is 5.26 Å². The zero-order valence-corrected chi connectivity index (χ0v) is 11.1. The standard InChI is InChI=1S/C12H7N5O6/c13-4-6(9(19)11-14-12(21)16-15-11)1-5-2-7(17(22)23)10(20)8(18)3-5/h1-3,18,20H,(H2,14,15,16,21)/b6-1+. The van der Waals surface area contributed by atoms with E-state index in [0.29, 0.717) is 0 Å². The first-order valence-corrected chi connectivity index (χ1v) is 5.85. The molecule has 0 unspecified atom stereocenters. The number of benzene rings is 1. The van der Waals surface area contributed by atoms with E-state index in [1.54, 1.807) is 6.07 Å². The molecule has 1 aromatic carbocycles. The van der Waals surface area contributed by atoms with Crippen LogP contribution in [0.3, 0.4) is 0 Å². The number of hydrogen-bond donors (Lipinski definition) is 4.